The van der Waals surface area contributed by atoms with E-state index in [9.17, 15) is 14.7 Å². The molecule has 2 radical (unpaired) electrons. The van der Waals surface area contributed by atoms with E-state index in [1.54, 1.807) is 25.3 Å². The van der Waals surface area contributed by atoms with Crippen molar-refractivity contribution in [3.8, 4) is 11.1 Å². The summed E-state index contributed by atoms with van der Waals surface area (Å²) in [5.74, 6) is -1.57. The Hall–Kier alpha value is -2.35. The van der Waals surface area contributed by atoms with Gasteiger partial charge in [-0.15, -0.1) is 0 Å². The van der Waals surface area contributed by atoms with E-state index in [0.717, 1.165) is 35.2 Å². The number of hydrogen-bond acceptors (Lipinski definition) is 6. The summed E-state index contributed by atoms with van der Waals surface area (Å²) in [6.07, 6.45) is 3.13. The van der Waals surface area contributed by atoms with Crippen LogP contribution in [0.25, 0.3) is 11.1 Å². The van der Waals surface area contributed by atoms with E-state index in [4.69, 9.17) is 14.1 Å². The van der Waals surface area contributed by atoms with E-state index < -0.39 is 20.2 Å². The number of carboxylic acids is 1. The Morgan fingerprint density at radius 1 is 1.00 bits per heavy atom. The lowest BCUT2D eigenvalue weighted by Crippen LogP contribution is -2.32. The number of carboxylic acid groups (broad SMARTS) is 1. The zero-order chi connectivity index (χ0) is 26.6. The predicted molar refractivity (Wildman–Crippen MR) is 143 cm³/mol. The van der Waals surface area contributed by atoms with Gasteiger partial charge in [0, 0.05) is 13.7 Å². The average molecular weight is 532 g/mol. The number of nitrogens with one attached hydrogen (secondary N) is 1. The molecule has 0 bridgehead atoms. The van der Waals surface area contributed by atoms with E-state index in [1.165, 1.54) is 18.9 Å². The van der Waals surface area contributed by atoms with E-state index in [1.807, 2.05) is 12.1 Å². The fourth-order valence-electron chi connectivity index (χ4n) is 3.76. The monoisotopic (exact) mass is 531 g/mol. The summed E-state index contributed by atoms with van der Waals surface area (Å²) in [5, 5.41) is 21.3. The number of rotatable bonds is 16. The molecular weight excluding hydrogens is 494 g/mol. The topological polar surface area (TPSA) is 114 Å². The van der Waals surface area contributed by atoms with Crippen LogP contribution in [0.15, 0.2) is 36.4 Å². The minimum atomic E-state index is -1.60. The number of benzene rings is 2. The normalized spacial score (nSPS) is 11.5. The van der Waals surface area contributed by atoms with Crippen LogP contribution in [0.4, 0.5) is 0 Å². The largest absolute Gasteiger partial charge is 0.478 e. The molecule has 0 aliphatic carbocycles. The van der Waals surface area contributed by atoms with Gasteiger partial charge in [-0.25, -0.2) is 9.68 Å². The van der Waals surface area contributed by atoms with Crippen molar-refractivity contribution in [2.24, 2.45) is 0 Å². The Morgan fingerprint density at radius 3 is 2.39 bits per heavy atom. The molecule has 10 heteroatoms. The van der Waals surface area contributed by atoms with Crippen LogP contribution in [0.5, 0.6) is 0 Å². The molecule has 0 atom stereocenters. The zero-order valence-corrected chi connectivity index (χ0v) is 23.6. The highest BCUT2D eigenvalue weighted by Crippen LogP contribution is 2.26. The second-order valence-corrected chi connectivity index (χ2v) is 14.8. The van der Waals surface area contributed by atoms with Crippen molar-refractivity contribution in [2.45, 2.75) is 64.6 Å². The van der Waals surface area contributed by atoms with Crippen LogP contribution < -0.4 is 5.32 Å². The molecule has 0 saturated carbocycles. The molecule has 0 aromatic heterocycles. The highest BCUT2D eigenvalue weighted by Gasteiger charge is 2.21. The van der Waals surface area contributed by atoms with Gasteiger partial charge < -0.3 is 19.3 Å². The van der Waals surface area contributed by atoms with Crippen molar-refractivity contribution in [1.82, 2.24) is 5.32 Å². The highest BCUT2D eigenvalue weighted by molar-refractivity contribution is 6.75. The van der Waals surface area contributed by atoms with Crippen LogP contribution in [0.1, 0.15) is 58.0 Å². The van der Waals surface area contributed by atoms with Crippen LogP contribution in [-0.4, -0.2) is 54.0 Å². The molecule has 0 spiro atoms. The van der Waals surface area contributed by atoms with Gasteiger partial charge in [0.15, 0.2) is 8.32 Å². The van der Waals surface area contributed by atoms with Crippen molar-refractivity contribution in [2.75, 3.05) is 13.7 Å². The Bertz CT molecular complexity index is 1010. The van der Waals surface area contributed by atoms with Crippen molar-refractivity contribution >= 4 is 30.0 Å². The molecule has 0 heterocycles. The van der Waals surface area contributed by atoms with Crippen LogP contribution in [0.3, 0.4) is 0 Å². The molecule has 2 aromatic carbocycles. The minimum Gasteiger partial charge on any atom is -0.478 e. The maximum atomic E-state index is 12.9. The summed E-state index contributed by atoms with van der Waals surface area (Å²) in [4.78, 5) is 28.9. The third-order valence-electron chi connectivity index (χ3n) is 5.78. The first-order valence-electron chi connectivity index (χ1n) is 12.2. The van der Waals surface area contributed by atoms with E-state index in [0.29, 0.717) is 28.5 Å². The maximum Gasteiger partial charge on any atom is 0.336 e. The lowest BCUT2D eigenvalue weighted by molar-refractivity contribution is -0.253. The number of carbonyl (C=O) groups is 2. The lowest BCUT2D eigenvalue weighted by atomic mass is 9.96. The maximum absolute atomic E-state index is 12.9. The molecule has 0 aliphatic heterocycles. The number of methoxy groups -OCH3 is 1. The summed E-state index contributed by atoms with van der Waals surface area (Å²) < 4.78 is 11.4. The lowest BCUT2D eigenvalue weighted by Gasteiger charge is -2.22. The number of amides is 1. The summed E-state index contributed by atoms with van der Waals surface area (Å²) in [6.45, 7) is 7.45. The zero-order valence-electron chi connectivity index (χ0n) is 21.6. The van der Waals surface area contributed by atoms with E-state index >= 15 is 0 Å². The predicted octanol–water partition coefficient (Wildman–Crippen LogP) is 5.37. The molecule has 0 fully saturated rings. The quantitative estimate of drug-likeness (QED) is 0.115. The highest BCUT2D eigenvalue weighted by atomic mass is 28.4. The van der Waals surface area contributed by atoms with Gasteiger partial charge in [0.25, 0.3) is 5.91 Å². The van der Waals surface area contributed by atoms with Gasteiger partial charge in [0.1, 0.15) is 6.61 Å². The fraction of sp³-hybridized carbons (Fsp3) is 0.462. The first kappa shape index (κ1) is 29.9. The molecule has 196 valence electrons. The number of carbonyl (C=O) groups excluding carboxylic acids is 1. The van der Waals surface area contributed by atoms with Crippen molar-refractivity contribution < 1.29 is 33.7 Å². The van der Waals surface area contributed by atoms with Crippen molar-refractivity contribution in [3.05, 3.63) is 58.7 Å². The summed E-state index contributed by atoms with van der Waals surface area (Å²) in [5.41, 5.74) is 3.15. The number of unbranched alkanes of at least 4 members (excludes halogenated alkanes) is 1. The average Bonchev–Trinajstić information content (AvgIpc) is 2.85. The molecule has 8 nitrogen and oxygen atoms in total. The van der Waals surface area contributed by atoms with Crippen LogP contribution in [-0.2, 0) is 27.0 Å². The standard InChI is InChI=1S/C26H37NO7Si2/c1-5-6-14-36(3,4)34-35-13-7-12-27-25(28)24-16-20(10-11-23(24)26(29)30)19-8-9-21(18-33-31)22(15-19)17-32-2/h8-11,15-16,31H,5-7,12-14,17-18H2,1-4H3,(H,27,28)(H,29,30). The molecule has 36 heavy (non-hydrogen) atoms. The number of aromatic carboxylic acids is 1. The van der Waals surface area contributed by atoms with Crippen molar-refractivity contribution in [1.29, 1.82) is 0 Å². The second-order valence-electron chi connectivity index (χ2n) is 9.22. The van der Waals surface area contributed by atoms with Gasteiger partial charge >= 0.3 is 5.97 Å². The Kier molecular flexibility index (Phi) is 12.5. The van der Waals surface area contributed by atoms with E-state index in [2.05, 4.69) is 30.2 Å². The number of hydrogen-bond donors (Lipinski definition) is 3. The van der Waals surface area contributed by atoms with Crippen molar-refractivity contribution in [3.63, 3.8) is 0 Å². The first-order chi connectivity index (χ1) is 17.2. The third-order valence-corrected chi connectivity index (χ3v) is 10.7. The minimum absolute atomic E-state index is 0.0224. The Morgan fingerprint density at radius 2 is 1.72 bits per heavy atom. The molecule has 3 N–H and O–H groups in total. The van der Waals surface area contributed by atoms with Gasteiger partial charge in [0.2, 0.25) is 9.76 Å². The number of ether oxygens (including phenoxy) is 1. The summed E-state index contributed by atoms with van der Waals surface area (Å²) in [6, 6.07) is 12.3. The SMILES string of the molecule is CCCC[Si](C)(C)O[Si]CCCNC(=O)c1cc(-c2ccc(COO)c(COC)c2)ccc1C(=O)O. The molecule has 2 aromatic rings. The van der Waals surface area contributed by atoms with Gasteiger partial charge in [-0.3, -0.25) is 10.1 Å². The molecular formula is C26H37NO7Si2. The third kappa shape index (κ3) is 9.27. The first-order valence-corrected chi connectivity index (χ1v) is 16.4. The second kappa shape index (κ2) is 15.0. The fourth-order valence-corrected chi connectivity index (χ4v) is 7.67. The molecule has 0 unspecified atom stereocenters. The summed E-state index contributed by atoms with van der Waals surface area (Å²) >= 11 is 0. The van der Waals surface area contributed by atoms with Gasteiger partial charge in [-0.05, 0) is 72.1 Å². The molecule has 0 saturated heterocycles. The molecule has 2 rings (SSSR count). The molecule has 1 amide bonds. The van der Waals surface area contributed by atoms with E-state index in [-0.39, 0.29) is 17.7 Å². The van der Waals surface area contributed by atoms with Crippen LogP contribution in [0.2, 0.25) is 25.2 Å². The Labute approximate surface area is 217 Å². The molecule has 0 aliphatic rings. The van der Waals surface area contributed by atoms with Gasteiger partial charge in [-0.1, -0.05) is 38.0 Å². The smallest absolute Gasteiger partial charge is 0.336 e. The van der Waals surface area contributed by atoms with Gasteiger partial charge in [0.05, 0.1) is 17.7 Å². The Balaban J connectivity index is 2.07. The summed E-state index contributed by atoms with van der Waals surface area (Å²) in [7, 11) is 0.385. The van der Waals surface area contributed by atoms with Gasteiger partial charge in [-0.2, -0.15) is 0 Å². The van der Waals surface area contributed by atoms with Crippen LogP contribution >= 0.6 is 0 Å². The van der Waals surface area contributed by atoms with Crippen LogP contribution in [0, 0.1) is 0 Å².